The van der Waals surface area contributed by atoms with Crippen LogP contribution >= 0.6 is 0 Å². The van der Waals surface area contributed by atoms with E-state index >= 15 is 0 Å². The topological polar surface area (TPSA) is 74.3 Å². The Bertz CT molecular complexity index is 760. The van der Waals surface area contributed by atoms with Gasteiger partial charge in [0.2, 0.25) is 0 Å². The van der Waals surface area contributed by atoms with Crippen molar-refractivity contribution < 1.29 is 9.59 Å². The van der Waals surface area contributed by atoms with Gasteiger partial charge in [0.1, 0.15) is 5.69 Å². The number of fused-ring (bicyclic) bond motifs is 1. The lowest BCUT2D eigenvalue weighted by Gasteiger charge is -2.30. The molecule has 1 aromatic heterocycles. The average Bonchev–Trinajstić information content (AvgIpc) is 2.60. The maximum atomic E-state index is 12.1. The first kappa shape index (κ1) is 16.0. The van der Waals surface area contributed by atoms with Crippen LogP contribution in [0, 0.1) is 6.92 Å². The molecule has 0 saturated heterocycles. The first-order chi connectivity index (χ1) is 11.6. The molecule has 0 aliphatic carbocycles. The van der Waals surface area contributed by atoms with Crippen LogP contribution in [0.4, 0.5) is 5.69 Å². The largest absolute Gasteiger partial charge is 0.362 e. The number of carbonyl (C=O) groups is 2. The van der Waals surface area contributed by atoms with Gasteiger partial charge in [0.15, 0.2) is 0 Å². The molecule has 6 heteroatoms. The summed E-state index contributed by atoms with van der Waals surface area (Å²) < 4.78 is 0. The van der Waals surface area contributed by atoms with Crippen LogP contribution in [-0.2, 0) is 11.2 Å². The Hall–Kier alpha value is -2.89. The number of benzene rings is 1. The highest BCUT2D eigenvalue weighted by Gasteiger charge is 2.19. The van der Waals surface area contributed by atoms with Crippen LogP contribution < -0.4 is 15.8 Å². The number of aromatic nitrogens is 1. The summed E-state index contributed by atoms with van der Waals surface area (Å²) in [6.07, 6.45) is 2.05. The number of nitrogens with zero attached hydrogens (tertiary/aromatic N) is 2. The summed E-state index contributed by atoms with van der Waals surface area (Å²) in [5, 5.41) is 0. The van der Waals surface area contributed by atoms with Gasteiger partial charge in [-0.05, 0) is 43.5 Å². The van der Waals surface area contributed by atoms with Crippen molar-refractivity contribution in [1.29, 1.82) is 0 Å². The zero-order valence-electron chi connectivity index (χ0n) is 13.6. The molecule has 0 fully saturated rings. The molecule has 2 heterocycles. The smallest absolute Gasteiger partial charge is 0.288 e. The minimum atomic E-state index is -0.425. The van der Waals surface area contributed by atoms with Crippen molar-refractivity contribution in [1.82, 2.24) is 15.8 Å². The molecule has 0 atom stereocenters. The number of para-hydroxylation sites is 1. The Labute approximate surface area is 140 Å². The highest BCUT2D eigenvalue weighted by atomic mass is 16.2. The molecule has 0 spiro atoms. The molecule has 6 nitrogen and oxygen atoms in total. The molecule has 124 valence electrons. The predicted molar refractivity (Wildman–Crippen MR) is 91.6 cm³/mol. The number of amides is 2. The van der Waals surface area contributed by atoms with Gasteiger partial charge in [0.05, 0.1) is 6.54 Å². The van der Waals surface area contributed by atoms with Crippen LogP contribution in [0.2, 0.25) is 0 Å². The van der Waals surface area contributed by atoms with Crippen molar-refractivity contribution in [3.63, 3.8) is 0 Å². The van der Waals surface area contributed by atoms with Crippen LogP contribution in [0.3, 0.4) is 0 Å². The second-order valence-corrected chi connectivity index (χ2v) is 5.82. The van der Waals surface area contributed by atoms with Crippen LogP contribution in [0.25, 0.3) is 0 Å². The van der Waals surface area contributed by atoms with Gasteiger partial charge < -0.3 is 4.90 Å². The fourth-order valence-corrected chi connectivity index (χ4v) is 2.85. The van der Waals surface area contributed by atoms with Crippen molar-refractivity contribution in [2.75, 3.05) is 18.0 Å². The van der Waals surface area contributed by atoms with E-state index in [-0.39, 0.29) is 18.1 Å². The first-order valence-corrected chi connectivity index (χ1v) is 7.99. The van der Waals surface area contributed by atoms with E-state index in [4.69, 9.17) is 0 Å². The van der Waals surface area contributed by atoms with Crippen LogP contribution in [-0.4, -0.2) is 29.9 Å². The second-order valence-electron chi connectivity index (χ2n) is 5.82. The molecular formula is C18H20N4O2. The standard InChI is InChI=1S/C18H20N4O2/c1-13-6-4-9-15(19-13)18(24)21-20-17(23)12-22-11-5-8-14-7-2-3-10-16(14)22/h2-4,6-7,9-10H,5,8,11-12H2,1H3,(H,20,23)(H,21,24). The Morgan fingerprint density at radius 2 is 1.96 bits per heavy atom. The number of rotatable bonds is 3. The molecule has 2 amide bonds. The Balaban J connectivity index is 1.56. The summed E-state index contributed by atoms with van der Waals surface area (Å²) in [5.74, 6) is -0.682. The summed E-state index contributed by atoms with van der Waals surface area (Å²) in [6, 6.07) is 13.3. The SMILES string of the molecule is Cc1cccc(C(=O)NNC(=O)CN2CCCc3ccccc32)n1. The maximum absolute atomic E-state index is 12.1. The molecule has 0 saturated carbocycles. The number of pyridine rings is 1. The van der Waals surface area contributed by atoms with Gasteiger partial charge in [-0.2, -0.15) is 0 Å². The first-order valence-electron chi connectivity index (χ1n) is 7.99. The summed E-state index contributed by atoms with van der Waals surface area (Å²) in [5.41, 5.74) is 8.24. The summed E-state index contributed by atoms with van der Waals surface area (Å²) in [7, 11) is 0. The lowest BCUT2D eigenvalue weighted by Crippen LogP contribution is -2.47. The van der Waals surface area contributed by atoms with E-state index in [9.17, 15) is 9.59 Å². The minimum absolute atomic E-state index is 0.207. The van der Waals surface area contributed by atoms with Crippen LogP contribution in [0.5, 0.6) is 0 Å². The van der Waals surface area contributed by atoms with Gasteiger partial charge in [-0.15, -0.1) is 0 Å². The third-order valence-electron chi connectivity index (χ3n) is 3.98. The van der Waals surface area contributed by atoms with Crippen LogP contribution in [0.15, 0.2) is 42.5 Å². The van der Waals surface area contributed by atoms with E-state index < -0.39 is 5.91 Å². The van der Waals surface area contributed by atoms with Crippen molar-refractivity contribution in [2.45, 2.75) is 19.8 Å². The minimum Gasteiger partial charge on any atom is -0.362 e. The molecule has 2 N–H and O–H groups in total. The van der Waals surface area contributed by atoms with E-state index in [1.807, 2.05) is 36.1 Å². The van der Waals surface area contributed by atoms with Gasteiger partial charge in [0, 0.05) is 17.9 Å². The molecule has 0 radical (unpaired) electrons. The summed E-state index contributed by atoms with van der Waals surface area (Å²) >= 11 is 0. The Morgan fingerprint density at radius 3 is 2.79 bits per heavy atom. The fourth-order valence-electron chi connectivity index (χ4n) is 2.85. The van der Waals surface area contributed by atoms with E-state index in [1.165, 1.54) is 5.56 Å². The van der Waals surface area contributed by atoms with Crippen LogP contribution in [0.1, 0.15) is 28.2 Å². The van der Waals surface area contributed by atoms with Crippen molar-refractivity contribution in [3.8, 4) is 0 Å². The highest BCUT2D eigenvalue weighted by molar-refractivity contribution is 5.94. The fraction of sp³-hybridized carbons (Fsp3) is 0.278. The third-order valence-corrected chi connectivity index (χ3v) is 3.98. The molecular weight excluding hydrogens is 304 g/mol. The van der Waals surface area contributed by atoms with Crippen molar-refractivity contribution in [2.24, 2.45) is 0 Å². The van der Waals surface area contributed by atoms with E-state index in [2.05, 4.69) is 21.9 Å². The maximum Gasteiger partial charge on any atom is 0.288 e. The number of aryl methyl sites for hydroxylation is 2. The number of hydrazine groups is 1. The molecule has 1 aromatic carbocycles. The average molecular weight is 324 g/mol. The van der Waals surface area contributed by atoms with Gasteiger partial charge in [0.25, 0.3) is 11.8 Å². The van der Waals surface area contributed by atoms with E-state index in [0.717, 1.165) is 30.8 Å². The number of carbonyl (C=O) groups excluding carboxylic acids is 2. The lowest BCUT2D eigenvalue weighted by molar-refractivity contribution is -0.120. The van der Waals surface area contributed by atoms with E-state index in [1.54, 1.807) is 12.1 Å². The normalized spacial score (nSPS) is 13.1. The van der Waals surface area contributed by atoms with Crippen molar-refractivity contribution >= 4 is 17.5 Å². The molecule has 1 aliphatic rings. The van der Waals surface area contributed by atoms with Gasteiger partial charge in [-0.1, -0.05) is 24.3 Å². The highest BCUT2D eigenvalue weighted by Crippen LogP contribution is 2.26. The zero-order chi connectivity index (χ0) is 16.9. The quantitative estimate of drug-likeness (QED) is 0.841. The molecule has 2 aromatic rings. The number of anilines is 1. The van der Waals surface area contributed by atoms with E-state index in [0.29, 0.717) is 0 Å². The van der Waals surface area contributed by atoms with Crippen molar-refractivity contribution in [3.05, 3.63) is 59.4 Å². The predicted octanol–water partition coefficient (Wildman–Crippen LogP) is 1.60. The summed E-state index contributed by atoms with van der Waals surface area (Å²) in [4.78, 5) is 30.3. The lowest BCUT2D eigenvalue weighted by atomic mass is 10.0. The van der Waals surface area contributed by atoms with Gasteiger partial charge in [-0.25, -0.2) is 4.98 Å². The monoisotopic (exact) mass is 324 g/mol. The molecule has 0 unspecified atom stereocenters. The Morgan fingerprint density at radius 1 is 1.12 bits per heavy atom. The number of hydrogen-bond acceptors (Lipinski definition) is 4. The molecule has 0 bridgehead atoms. The second kappa shape index (κ2) is 7.12. The van der Waals surface area contributed by atoms with Gasteiger partial charge in [-0.3, -0.25) is 20.4 Å². The Kier molecular flexibility index (Phi) is 4.74. The summed E-state index contributed by atoms with van der Waals surface area (Å²) in [6.45, 7) is 2.85. The number of hydrogen-bond donors (Lipinski definition) is 2. The molecule has 24 heavy (non-hydrogen) atoms. The number of nitrogens with one attached hydrogen (secondary N) is 2. The van der Waals surface area contributed by atoms with Gasteiger partial charge >= 0.3 is 0 Å². The molecule has 1 aliphatic heterocycles. The third kappa shape index (κ3) is 3.71. The molecule has 3 rings (SSSR count). The zero-order valence-corrected chi connectivity index (χ0v) is 13.6.